The van der Waals surface area contributed by atoms with Crippen LogP contribution in [-0.4, -0.2) is 10.2 Å². The van der Waals surface area contributed by atoms with Gasteiger partial charge >= 0.3 is 0 Å². The molecule has 0 heterocycles. The molecule has 10 heavy (non-hydrogen) atoms. The summed E-state index contributed by atoms with van der Waals surface area (Å²) in [5, 5.41) is 1.42. The van der Waals surface area contributed by atoms with Gasteiger partial charge in [-0.3, -0.25) is 4.70 Å². The summed E-state index contributed by atoms with van der Waals surface area (Å²) in [6, 6.07) is 8.44. The molecule has 1 nitrogen and oxygen atoms in total. The minimum atomic E-state index is 0. The Morgan fingerprint density at radius 2 is 1.70 bits per heavy atom. The Morgan fingerprint density at radius 1 is 1.20 bits per heavy atom. The van der Waals surface area contributed by atoms with E-state index in [9.17, 15) is 0 Å². The predicted molar refractivity (Wildman–Crippen MR) is 46.4 cm³/mol. The van der Waals surface area contributed by atoms with Crippen LogP contribution in [0.3, 0.4) is 0 Å². The Morgan fingerprint density at radius 3 is 2.10 bits per heavy atom. The molecule has 0 bridgehead atoms. The first-order chi connectivity index (χ1) is 4.33. The molecule has 0 unspecified atom stereocenters. The molecule has 0 spiro atoms. The number of rotatable bonds is 1. The van der Waals surface area contributed by atoms with E-state index in [0.717, 1.165) is 10.2 Å². The fourth-order valence-corrected chi connectivity index (χ4v) is 1.06. The molecule has 1 rings (SSSR count). The van der Waals surface area contributed by atoms with Gasteiger partial charge in [0.05, 0.1) is 0 Å². The molecule has 0 saturated carbocycles. The van der Waals surface area contributed by atoms with Crippen LogP contribution in [0.15, 0.2) is 24.3 Å². The SMILES string of the molecule is F.NCc1ccc([SiH3])cc1. The number of benzene rings is 1. The van der Waals surface area contributed by atoms with Gasteiger partial charge in [0.1, 0.15) is 0 Å². The van der Waals surface area contributed by atoms with E-state index in [-0.39, 0.29) is 4.70 Å². The highest BCUT2D eigenvalue weighted by Crippen LogP contribution is 1.92. The Bertz CT molecular complexity index is 185. The summed E-state index contributed by atoms with van der Waals surface area (Å²) in [4.78, 5) is 0. The second-order valence-corrected chi connectivity index (χ2v) is 3.34. The number of hydrogen-bond donors (Lipinski definition) is 1. The number of halogens is 1. The van der Waals surface area contributed by atoms with Crippen molar-refractivity contribution in [2.45, 2.75) is 6.54 Å². The first-order valence-electron chi connectivity index (χ1n) is 3.08. The van der Waals surface area contributed by atoms with E-state index >= 15 is 0 Å². The highest BCUT2D eigenvalue weighted by Gasteiger charge is 1.84. The normalized spacial score (nSPS) is 8.90. The van der Waals surface area contributed by atoms with Crippen molar-refractivity contribution < 1.29 is 4.70 Å². The summed E-state index contributed by atoms with van der Waals surface area (Å²) in [6.07, 6.45) is 0. The lowest BCUT2D eigenvalue weighted by atomic mass is 10.2. The molecule has 0 fully saturated rings. The molecular formula is C7H12FNSi. The molecule has 0 aromatic heterocycles. The predicted octanol–water partition coefficient (Wildman–Crippen LogP) is -0.712. The lowest BCUT2D eigenvalue weighted by Gasteiger charge is -1.94. The molecule has 0 aliphatic carbocycles. The fourth-order valence-electron chi connectivity index (χ4n) is 0.724. The standard InChI is InChI=1S/C7H11NSi.FH/c8-5-6-1-3-7(9)4-2-6;/h1-4H,5,8H2,9H3;1H. The number of hydrogen-bond acceptors (Lipinski definition) is 1. The van der Waals surface area contributed by atoms with E-state index in [2.05, 4.69) is 24.3 Å². The highest BCUT2D eigenvalue weighted by molar-refractivity contribution is 6.32. The van der Waals surface area contributed by atoms with E-state index in [1.54, 1.807) is 0 Å². The van der Waals surface area contributed by atoms with Crippen molar-refractivity contribution in [3.8, 4) is 0 Å². The van der Waals surface area contributed by atoms with Gasteiger partial charge in [-0.15, -0.1) is 0 Å². The third kappa shape index (κ3) is 2.29. The van der Waals surface area contributed by atoms with Crippen LogP contribution >= 0.6 is 0 Å². The van der Waals surface area contributed by atoms with Gasteiger partial charge in [-0.25, -0.2) is 0 Å². The van der Waals surface area contributed by atoms with Gasteiger partial charge in [0.2, 0.25) is 0 Å². The van der Waals surface area contributed by atoms with E-state index in [4.69, 9.17) is 5.73 Å². The summed E-state index contributed by atoms with van der Waals surface area (Å²) in [6.45, 7) is 0.655. The zero-order valence-electron chi connectivity index (χ0n) is 6.00. The summed E-state index contributed by atoms with van der Waals surface area (Å²) >= 11 is 0. The van der Waals surface area contributed by atoms with Gasteiger partial charge in [0.25, 0.3) is 0 Å². The molecular weight excluding hydrogens is 145 g/mol. The fraction of sp³-hybridized carbons (Fsp3) is 0.143. The van der Waals surface area contributed by atoms with Crippen LogP contribution in [0.5, 0.6) is 0 Å². The van der Waals surface area contributed by atoms with Crippen molar-refractivity contribution >= 4 is 15.4 Å². The summed E-state index contributed by atoms with van der Waals surface area (Å²) in [7, 11) is 1.13. The molecule has 1 aromatic rings. The van der Waals surface area contributed by atoms with E-state index < -0.39 is 0 Å². The molecule has 0 atom stereocenters. The summed E-state index contributed by atoms with van der Waals surface area (Å²) < 4.78 is 0. The Balaban J connectivity index is 0.000000810. The molecule has 0 aliphatic heterocycles. The van der Waals surface area contributed by atoms with Crippen LogP contribution in [0.4, 0.5) is 4.70 Å². The summed E-state index contributed by atoms with van der Waals surface area (Å²) in [5.41, 5.74) is 6.63. The third-order valence-electron chi connectivity index (χ3n) is 1.36. The average Bonchev–Trinajstić information content (AvgIpc) is 1.90. The maximum atomic E-state index is 5.41. The van der Waals surface area contributed by atoms with Crippen LogP contribution in [-0.2, 0) is 6.54 Å². The number of nitrogens with two attached hydrogens (primary N) is 1. The van der Waals surface area contributed by atoms with Gasteiger partial charge in [-0.1, -0.05) is 29.5 Å². The van der Waals surface area contributed by atoms with Crippen LogP contribution in [0, 0.1) is 0 Å². The Kier molecular flexibility index (Phi) is 3.91. The van der Waals surface area contributed by atoms with Gasteiger partial charge < -0.3 is 5.73 Å². The van der Waals surface area contributed by atoms with Gasteiger partial charge in [0, 0.05) is 16.8 Å². The molecule has 1 aromatic carbocycles. The molecule has 2 N–H and O–H groups in total. The van der Waals surface area contributed by atoms with Gasteiger partial charge in [0.15, 0.2) is 0 Å². The summed E-state index contributed by atoms with van der Waals surface area (Å²) in [5.74, 6) is 0. The molecule has 0 radical (unpaired) electrons. The molecule has 3 heteroatoms. The van der Waals surface area contributed by atoms with Gasteiger partial charge in [-0.05, 0) is 5.56 Å². The second-order valence-electron chi connectivity index (χ2n) is 2.19. The minimum absolute atomic E-state index is 0. The van der Waals surface area contributed by atoms with Crippen molar-refractivity contribution in [3.05, 3.63) is 29.8 Å². The van der Waals surface area contributed by atoms with Crippen LogP contribution in [0.1, 0.15) is 5.56 Å². The van der Waals surface area contributed by atoms with Crippen molar-refractivity contribution in [1.82, 2.24) is 0 Å². The lowest BCUT2D eigenvalue weighted by Crippen LogP contribution is -2.02. The third-order valence-corrected chi connectivity index (χ3v) is 2.02. The van der Waals surface area contributed by atoms with Crippen LogP contribution < -0.4 is 10.9 Å². The molecule has 0 saturated heterocycles. The second kappa shape index (κ2) is 4.19. The van der Waals surface area contributed by atoms with Crippen molar-refractivity contribution in [3.63, 3.8) is 0 Å². The van der Waals surface area contributed by atoms with E-state index in [1.165, 1.54) is 10.8 Å². The Hall–Kier alpha value is -0.673. The van der Waals surface area contributed by atoms with E-state index in [0.29, 0.717) is 6.54 Å². The maximum absolute atomic E-state index is 5.41. The maximum Gasteiger partial charge on any atom is 0.0384 e. The van der Waals surface area contributed by atoms with Crippen molar-refractivity contribution in [2.75, 3.05) is 0 Å². The van der Waals surface area contributed by atoms with Crippen molar-refractivity contribution in [2.24, 2.45) is 5.73 Å². The van der Waals surface area contributed by atoms with Crippen molar-refractivity contribution in [1.29, 1.82) is 0 Å². The minimum Gasteiger partial charge on any atom is -0.326 e. The average molecular weight is 157 g/mol. The van der Waals surface area contributed by atoms with Gasteiger partial charge in [-0.2, -0.15) is 0 Å². The first kappa shape index (κ1) is 9.33. The first-order valence-corrected chi connectivity index (χ1v) is 4.08. The molecule has 0 amide bonds. The zero-order chi connectivity index (χ0) is 6.69. The van der Waals surface area contributed by atoms with Crippen LogP contribution in [0.25, 0.3) is 0 Å². The monoisotopic (exact) mass is 157 g/mol. The zero-order valence-corrected chi connectivity index (χ0v) is 8.00. The smallest absolute Gasteiger partial charge is 0.0384 e. The Labute approximate surface area is 63.0 Å². The largest absolute Gasteiger partial charge is 0.326 e. The van der Waals surface area contributed by atoms with E-state index in [1.807, 2.05) is 0 Å². The topological polar surface area (TPSA) is 26.0 Å². The quantitative estimate of drug-likeness (QED) is 0.535. The highest BCUT2D eigenvalue weighted by atomic mass is 28.1. The molecule has 56 valence electrons. The molecule has 0 aliphatic rings. The lowest BCUT2D eigenvalue weighted by molar-refractivity contribution is 1.07. The van der Waals surface area contributed by atoms with Crippen LogP contribution in [0.2, 0.25) is 0 Å².